The molecule has 3 rings (SSSR count). The van der Waals surface area contributed by atoms with Gasteiger partial charge in [-0.2, -0.15) is 0 Å². The predicted octanol–water partition coefficient (Wildman–Crippen LogP) is 4.19. The minimum absolute atomic E-state index is 0.259. The molecule has 0 spiro atoms. The highest BCUT2D eigenvalue weighted by Gasteiger charge is 2.37. The monoisotopic (exact) mass is 299 g/mol. The largest absolute Gasteiger partial charge is 0.303 e. The molecule has 2 heteroatoms. The summed E-state index contributed by atoms with van der Waals surface area (Å²) in [5.41, 5.74) is 2.27. The third-order valence-corrected chi connectivity index (χ3v) is 5.52. The molecule has 1 atom stereocenters. The molecule has 0 bridgehead atoms. The minimum Gasteiger partial charge on any atom is -0.303 e. The molecule has 0 aromatic heterocycles. The summed E-state index contributed by atoms with van der Waals surface area (Å²) in [5.74, 6) is 2.08. The third-order valence-electron chi connectivity index (χ3n) is 5.52. The van der Waals surface area contributed by atoms with Crippen LogP contribution in [0.25, 0.3) is 0 Å². The van der Waals surface area contributed by atoms with Gasteiger partial charge in [-0.25, -0.2) is 0 Å². The Hall–Kier alpha value is -1.15. The molecule has 0 saturated carbocycles. The summed E-state index contributed by atoms with van der Waals surface area (Å²) in [6, 6.07) is 8.20. The van der Waals surface area contributed by atoms with Crippen molar-refractivity contribution in [2.75, 3.05) is 19.6 Å². The number of Topliss-reactive ketones (excluding diaryl/α,β-unsaturated/α-hetero) is 1. The standard InChI is InChI=1S/C20H29NO/c1-15(2)6-5-11-21-12-9-16(10-13-21)19-14-17-7-3-4-8-18(17)20(19)22/h3-4,7-8,15-16,19H,5-6,9-14H2,1-2H3. The maximum Gasteiger partial charge on any atom is 0.166 e. The van der Waals surface area contributed by atoms with Gasteiger partial charge in [-0.1, -0.05) is 38.1 Å². The Morgan fingerprint density at radius 3 is 2.59 bits per heavy atom. The second kappa shape index (κ2) is 6.95. The zero-order chi connectivity index (χ0) is 15.5. The number of benzene rings is 1. The predicted molar refractivity (Wildman–Crippen MR) is 91.2 cm³/mol. The molecular weight excluding hydrogens is 270 g/mol. The van der Waals surface area contributed by atoms with E-state index in [1.807, 2.05) is 12.1 Å². The SMILES string of the molecule is CC(C)CCCN1CCC(C2Cc3ccccc3C2=O)CC1. The summed E-state index contributed by atoms with van der Waals surface area (Å²) < 4.78 is 0. The Balaban J connectivity index is 1.50. The van der Waals surface area contributed by atoms with Crippen LogP contribution in [0.2, 0.25) is 0 Å². The summed E-state index contributed by atoms with van der Waals surface area (Å²) in [6.07, 6.45) is 6.03. The lowest BCUT2D eigenvalue weighted by Crippen LogP contribution is -2.38. The molecule has 1 aliphatic heterocycles. The van der Waals surface area contributed by atoms with Gasteiger partial charge in [0.15, 0.2) is 5.78 Å². The Bertz CT molecular complexity index is 514. The van der Waals surface area contributed by atoms with Crippen LogP contribution in [0.3, 0.4) is 0 Å². The highest BCUT2D eigenvalue weighted by atomic mass is 16.1. The van der Waals surface area contributed by atoms with E-state index < -0.39 is 0 Å². The van der Waals surface area contributed by atoms with Crippen molar-refractivity contribution in [1.82, 2.24) is 4.90 Å². The number of carbonyl (C=O) groups excluding carboxylic acids is 1. The second-order valence-corrected chi connectivity index (χ2v) is 7.55. The van der Waals surface area contributed by atoms with Gasteiger partial charge in [-0.3, -0.25) is 4.79 Å². The van der Waals surface area contributed by atoms with Crippen LogP contribution in [0, 0.1) is 17.8 Å². The summed E-state index contributed by atoms with van der Waals surface area (Å²) in [4.78, 5) is 15.2. The van der Waals surface area contributed by atoms with Gasteiger partial charge in [0.05, 0.1) is 0 Å². The van der Waals surface area contributed by atoms with Crippen LogP contribution in [0.5, 0.6) is 0 Å². The van der Waals surface area contributed by atoms with Crippen LogP contribution in [0.4, 0.5) is 0 Å². The third kappa shape index (κ3) is 3.43. The van der Waals surface area contributed by atoms with Crippen LogP contribution >= 0.6 is 0 Å². The first kappa shape index (κ1) is 15.7. The molecular formula is C20H29NO. The smallest absolute Gasteiger partial charge is 0.166 e. The molecule has 2 aliphatic rings. The highest BCUT2D eigenvalue weighted by Crippen LogP contribution is 2.36. The molecule has 22 heavy (non-hydrogen) atoms. The first-order valence-electron chi connectivity index (χ1n) is 8.99. The van der Waals surface area contributed by atoms with Gasteiger partial charge in [0.2, 0.25) is 0 Å². The molecule has 1 aromatic rings. The van der Waals surface area contributed by atoms with Crippen molar-refractivity contribution in [3.05, 3.63) is 35.4 Å². The van der Waals surface area contributed by atoms with E-state index in [2.05, 4.69) is 30.9 Å². The topological polar surface area (TPSA) is 20.3 Å². The van der Waals surface area contributed by atoms with Crippen LogP contribution in [0.15, 0.2) is 24.3 Å². The number of piperidine rings is 1. The molecule has 1 aliphatic carbocycles. The first-order chi connectivity index (χ1) is 10.6. The van der Waals surface area contributed by atoms with Gasteiger partial charge in [-0.15, -0.1) is 0 Å². The Morgan fingerprint density at radius 2 is 1.91 bits per heavy atom. The van der Waals surface area contributed by atoms with E-state index in [0.29, 0.717) is 11.7 Å². The molecule has 0 amide bonds. The van der Waals surface area contributed by atoms with Gasteiger partial charge in [0.25, 0.3) is 0 Å². The fourth-order valence-corrected chi connectivity index (χ4v) is 4.15. The average molecular weight is 299 g/mol. The second-order valence-electron chi connectivity index (χ2n) is 7.55. The van der Waals surface area contributed by atoms with Crippen molar-refractivity contribution in [3.63, 3.8) is 0 Å². The minimum atomic E-state index is 0.259. The number of rotatable bonds is 5. The number of carbonyl (C=O) groups is 1. The van der Waals surface area contributed by atoms with Gasteiger partial charge >= 0.3 is 0 Å². The van der Waals surface area contributed by atoms with E-state index >= 15 is 0 Å². The summed E-state index contributed by atoms with van der Waals surface area (Å²) in [7, 11) is 0. The molecule has 1 saturated heterocycles. The van der Waals surface area contributed by atoms with E-state index in [1.54, 1.807) is 0 Å². The lowest BCUT2D eigenvalue weighted by Gasteiger charge is -2.34. The van der Waals surface area contributed by atoms with E-state index in [4.69, 9.17) is 0 Å². The molecule has 1 heterocycles. The van der Waals surface area contributed by atoms with Gasteiger partial charge in [0.1, 0.15) is 0 Å². The Kier molecular flexibility index (Phi) is 4.97. The van der Waals surface area contributed by atoms with E-state index in [1.165, 1.54) is 50.9 Å². The maximum atomic E-state index is 12.6. The van der Waals surface area contributed by atoms with Gasteiger partial charge in [-0.05, 0) is 69.1 Å². The highest BCUT2D eigenvalue weighted by molar-refractivity contribution is 6.02. The molecule has 0 radical (unpaired) electrons. The Morgan fingerprint density at radius 1 is 1.18 bits per heavy atom. The van der Waals surface area contributed by atoms with Crippen molar-refractivity contribution in [2.24, 2.45) is 17.8 Å². The van der Waals surface area contributed by atoms with Crippen molar-refractivity contribution in [1.29, 1.82) is 0 Å². The lowest BCUT2D eigenvalue weighted by atomic mass is 9.82. The number of nitrogens with zero attached hydrogens (tertiary/aromatic N) is 1. The zero-order valence-corrected chi connectivity index (χ0v) is 14.1. The molecule has 120 valence electrons. The molecule has 1 fully saturated rings. The number of fused-ring (bicyclic) bond motifs is 1. The summed E-state index contributed by atoms with van der Waals surface area (Å²) in [6.45, 7) is 8.21. The van der Waals surface area contributed by atoms with Crippen molar-refractivity contribution in [3.8, 4) is 0 Å². The van der Waals surface area contributed by atoms with Crippen molar-refractivity contribution >= 4 is 5.78 Å². The van der Waals surface area contributed by atoms with Gasteiger partial charge < -0.3 is 4.90 Å². The van der Waals surface area contributed by atoms with Crippen molar-refractivity contribution < 1.29 is 4.79 Å². The zero-order valence-electron chi connectivity index (χ0n) is 14.1. The molecule has 1 unspecified atom stereocenters. The number of hydrogen-bond donors (Lipinski definition) is 0. The summed E-state index contributed by atoms with van der Waals surface area (Å²) >= 11 is 0. The van der Waals surface area contributed by atoms with Crippen LogP contribution in [-0.4, -0.2) is 30.3 Å². The average Bonchev–Trinajstić information content (AvgIpc) is 2.85. The number of likely N-dealkylation sites (tertiary alicyclic amines) is 1. The fourth-order valence-electron chi connectivity index (χ4n) is 4.15. The quantitative estimate of drug-likeness (QED) is 0.812. The molecule has 2 nitrogen and oxygen atoms in total. The first-order valence-corrected chi connectivity index (χ1v) is 8.99. The number of hydrogen-bond acceptors (Lipinski definition) is 2. The Labute approximate surface area is 134 Å². The van der Waals surface area contributed by atoms with E-state index in [9.17, 15) is 4.79 Å². The van der Waals surface area contributed by atoms with Crippen molar-refractivity contribution in [2.45, 2.75) is 46.0 Å². The van der Waals surface area contributed by atoms with Crippen LogP contribution < -0.4 is 0 Å². The van der Waals surface area contributed by atoms with E-state index in [-0.39, 0.29) is 5.92 Å². The van der Waals surface area contributed by atoms with Crippen LogP contribution in [0.1, 0.15) is 55.5 Å². The molecule has 1 aromatic carbocycles. The fraction of sp³-hybridized carbons (Fsp3) is 0.650. The van der Waals surface area contributed by atoms with E-state index in [0.717, 1.165) is 17.9 Å². The van der Waals surface area contributed by atoms with Crippen LogP contribution in [-0.2, 0) is 6.42 Å². The van der Waals surface area contributed by atoms with Gasteiger partial charge in [0, 0.05) is 11.5 Å². The summed E-state index contributed by atoms with van der Waals surface area (Å²) in [5, 5.41) is 0. The maximum absolute atomic E-state index is 12.6. The lowest BCUT2D eigenvalue weighted by molar-refractivity contribution is 0.0821. The normalized spacial score (nSPS) is 23.2. The molecule has 0 N–H and O–H groups in total. The number of ketones is 1.